The molecule has 0 fully saturated rings. The highest BCUT2D eigenvalue weighted by Gasteiger charge is 2.27. The summed E-state index contributed by atoms with van der Waals surface area (Å²) in [6, 6.07) is 9.19. The van der Waals surface area contributed by atoms with Crippen LogP contribution in [0.3, 0.4) is 0 Å². The average molecular weight is 311 g/mol. The molecule has 0 unspecified atom stereocenters. The molecule has 1 atom stereocenters. The van der Waals surface area contributed by atoms with Gasteiger partial charge in [-0.2, -0.15) is 5.10 Å². The lowest BCUT2D eigenvalue weighted by molar-refractivity contribution is 0.242. The number of hydrogen-bond acceptors (Lipinski definition) is 3. The number of aromatic nitrogens is 2. The van der Waals surface area contributed by atoms with Crippen molar-refractivity contribution >= 4 is 10.9 Å². The van der Waals surface area contributed by atoms with Gasteiger partial charge in [0.05, 0.1) is 5.52 Å². The molecule has 1 aromatic heterocycles. The van der Waals surface area contributed by atoms with Crippen LogP contribution in [-0.4, -0.2) is 22.4 Å². The normalized spacial score (nSPS) is 16.6. The maximum Gasteiger partial charge on any atom is 0.132 e. The van der Waals surface area contributed by atoms with Gasteiger partial charge in [-0.25, -0.2) is 4.39 Å². The number of rotatable bonds is 2. The summed E-state index contributed by atoms with van der Waals surface area (Å²) in [7, 11) is 1.89. The first-order valence-corrected chi connectivity index (χ1v) is 7.69. The van der Waals surface area contributed by atoms with Gasteiger partial charge in [0.1, 0.15) is 23.4 Å². The Labute approximate surface area is 133 Å². The highest BCUT2D eigenvalue weighted by Crippen LogP contribution is 2.41. The van der Waals surface area contributed by atoms with Crippen molar-refractivity contribution in [3.05, 3.63) is 47.3 Å². The Balaban J connectivity index is 1.98. The predicted molar refractivity (Wildman–Crippen MR) is 88.0 cm³/mol. The van der Waals surface area contributed by atoms with Gasteiger partial charge in [0.15, 0.2) is 0 Å². The topological polar surface area (TPSA) is 53.1 Å². The number of hydrogen-bond donors (Lipinski definition) is 1. The Kier molecular flexibility index (Phi) is 3.13. The van der Waals surface area contributed by atoms with Gasteiger partial charge >= 0.3 is 0 Å². The standard InChI is InChI=1S/C18H18FN3O/c1-10-3-4-16-14(5-10)17(21-22(16)2)15-8-12(19)6-11-7-13(9-20)23-18(11)15/h3-6,8,13H,7,9,20H2,1-2H3/t13-/m0/s1. The fraction of sp³-hybridized carbons (Fsp3) is 0.278. The molecule has 1 aliphatic heterocycles. The summed E-state index contributed by atoms with van der Waals surface area (Å²) < 4.78 is 21.9. The van der Waals surface area contributed by atoms with E-state index in [1.807, 2.05) is 30.8 Å². The number of nitrogens with zero attached hydrogens (tertiary/aromatic N) is 2. The van der Waals surface area contributed by atoms with Crippen molar-refractivity contribution in [3.8, 4) is 17.0 Å². The van der Waals surface area contributed by atoms with E-state index in [9.17, 15) is 4.39 Å². The van der Waals surface area contributed by atoms with Crippen molar-refractivity contribution < 1.29 is 9.13 Å². The molecule has 0 bridgehead atoms. The van der Waals surface area contributed by atoms with E-state index in [4.69, 9.17) is 10.5 Å². The van der Waals surface area contributed by atoms with E-state index in [-0.39, 0.29) is 11.9 Å². The summed E-state index contributed by atoms with van der Waals surface area (Å²) in [4.78, 5) is 0. The third-order valence-corrected chi connectivity index (χ3v) is 4.39. The Morgan fingerprint density at radius 1 is 1.35 bits per heavy atom. The van der Waals surface area contributed by atoms with Crippen LogP contribution in [0.5, 0.6) is 5.75 Å². The van der Waals surface area contributed by atoms with Crippen molar-refractivity contribution in [1.29, 1.82) is 0 Å². The predicted octanol–water partition coefficient (Wildman–Crippen LogP) is 2.95. The third-order valence-electron chi connectivity index (χ3n) is 4.39. The number of benzene rings is 2. The van der Waals surface area contributed by atoms with Gasteiger partial charge in [-0.15, -0.1) is 0 Å². The summed E-state index contributed by atoms with van der Waals surface area (Å²) in [6.07, 6.45) is 0.544. The van der Waals surface area contributed by atoms with E-state index in [0.29, 0.717) is 24.3 Å². The lowest BCUT2D eigenvalue weighted by atomic mass is 10.0. The van der Waals surface area contributed by atoms with Crippen LogP contribution in [0, 0.1) is 12.7 Å². The minimum atomic E-state index is -0.272. The van der Waals surface area contributed by atoms with Crippen LogP contribution in [-0.2, 0) is 13.5 Å². The van der Waals surface area contributed by atoms with Gasteiger partial charge in [0, 0.05) is 36.5 Å². The monoisotopic (exact) mass is 311 g/mol. The molecule has 0 saturated carbocycles. The summed E-state index contributed by atoms with van der Waals surface area (Å²) in [6.45, 7) is 2.45. The molecule has 4 nitrogen and oxygen atoms in total. The number of halogens is 1. The van der Waals surface area contributed by atoms with Gasteiger partial charge < -0.3 is 10.5 Å². The quantitative estimate of drug-likeness (QED) is 0.791. The van der Waals surface area contributed by atoms with Gasteiger partial charge in [-0.05, 0) is 31.2 Å². The Bertz CT molecular complexity index is 916. The highest BCUT2D eigenvalue weighted by molar-refractivity contribution is 5.95. The molecule has 2 heterocycles. The van der Waals surface area contributed by atoms with Crippen LogP contribution in [0.25, 0.3) is 22.2 Å². The van der Waals surface area contributed by atoms with Crippen molar-refractivity contribution in [2.75, 3.05) is 6.54 Å². The first kappa shape index (κ1) is 14.2. The van der Waals surface area contributed by atoms with Crippen molar-refractivity contribution in [1.82, 2.24) is 9.78 Å². The Morgan fingerprint density at radius 3 is 2.96 bits per heavy atom. The van der Waals surface area contributed by atoms with Crippen LogP contribution in [0.15, 0.2) is 30.3 Å². The summed E-state index contributed by atoms with van der Waals surface area (Å²) in [5.41, 5.74) is 10.2. The molecule has 0 spiro atoms. The molecule has 118 valence electrons. The molecule has 2 N–H and O–H groups in total. The van der Waals surface area contributed by atoms with Crippen molar-refractivity contribution in [2.24, 2.45) is 12.8 Å². The third kappa shape index (κ3) is 2.19. The van der Waals surface area contributed by atoms with E-state index < -0.39 is 0 Å². The molecule has 2 aromatic carbocycles. The first-order valence-electron chi connectivity index (χ1n) is 7.69. The second-order valence-electron chi connectivity index (χ2n) is 6.11. The zero-order valence-electron chi connectivity index (χ0n) is 13.1. The minimum absolute atomic E-state index is 0.0951. The smallest absolute Gasteiger partial charge is 0.132 e. The second-order valence-corrected chi connectivity index (χ2v) is 6.11. The minimum Gasteiger partial charge on any atom is -0.488 e. The molecule has 23 heavy (non-hydrogen) atoms. The largest absolute Gasteiger partial charge is 0.488 e. The molecule has 0 aliphatic carbocycles. The average Bonchev–Trinajstić information content (AvgIpc) is 3.07. The Morgan fingerprint density at radius 2 is 2.17 bits per heavy atom. The van der Waals surface area contributed by atoms with Crippen LogP contribution >= 0.6 is 0 Å². The van der Waals surface area contributed by atoms with Gasteiger partial charge in [-0.3, -0.25) is 4.68 Å². The molecule has 0 saturated heterocycles. The number of aryl methyl sites for hydroxylation is 2. The van der Waals surface area contributed by atoms with E-state index >= 15 is 0 Å². The Hall–Kier alpha value is -2.40. The van der Waals surface area contributed by atoms with Gasteiger partial charge in [0.2, 0.25) is 0 Å². The molecular weight excluding hydrogens is 293 g/mol. The summed E-state index contributed by atoms with van der Waals surface area (Å²) >= 11 is 0. The maximum absolute atomic E-state index is 14.1. The number of fused-ring (bicyclic) bond motifs is 2. The molecular formula is C18H18FN3O. The summed E-state index contributed by atoms with van der Waals surface area (Å²) in [5, 5.41) is 5.61. The number of nitrogens with two attached hydrogens (primary N) is 1. The van der Waals surface area contributed by atoms with Gasteiger partial charge in [0.25, 0.3) is 0 Å². The van der Waals surface area contributed by atoms with Crippen LogP contribution in [0.1, 0.15) is 11.1 Å². The molecule has 5 heteroatoms. The molecule has 4 rings (SSSR count). The van der Waals surface area contributed by atoms with E-state index in [2.05, 4.69) is 11.2 Å². The fourth-order valence-corrected chi connectivity index (χ4v) is 3.28. The molecule has 1 aliphatic rings. The van der Waals surface area contributed by atoms with E-state index in [1.54, 1.807) is 0 Å². The van der Waals surface area contributed by atoms with Crippen LogP contribution < -0.4 is 10.5 Å². The van der Waals surface area contributed by atoms with Crippen LogP contribution in [0.4, 0.5) is 4.39 Å². The lowest BCUT2D eigenvalue weighted by Gasteiger charge is -2.10. The second kappa shape index (κ2) is 5.06. The van der Waals surface area contributed by atoms with Crippen LogP contribution in [0.2, 0.25) is 0 Å². The van der Waals surface area contributed by atoms with Crippen molar-refractivity contribution in [3.63, 3.8) is 0 Å². The van der Waals surface area contributed by atoms with E-state index in [1.165, 1.54) is 12.1 Å². The lowest BCUT2D eigenvalue weighted by Crippen LogP contribution is -2.24. The zero-order chi connectivity index (χ0) is 16.1. The zero-order valence-corrected chi connectivity index (χ0v) is 13.1. The van der Waals surface area contributed by atoms with Gasteiger partial charge in [-0.1, -0.05) is 11.6 Å². The maximum atomic E-state index is 14.1. The SMILES string of the molecule is Cc1ccc2c(c1)c(-c1cc(F)cc3c1O[C@H](CN)C3)nn2C. The highest BCUT2D eigenvalue weighted by atomic mass is 19.1. The number of ether oxygens (including phenoxy) is 1. The first-order chi connectivity index (χ1) is 11.1. The molecule has 0 amide bonds. The summed E-state index contributed by atoms with van der Waals surface area (Å²) in [5.74, 6) is 0.440. The molecule has 3 aromatic rings. The molecule has 0 radical (unpaired) electrons. The van der Waals surface area contributed by atoms with Crippen molar-refractivity contribution in [2.45, 2.75) is 19.4 Å². The van der Waals surface area contributed by atoms with E-state index in [0.717, 1.165) is 27.7 Å². The fourth-order valence-electron chi connectivity index (χ4n) is 3.28.